The molecule has 3 aliphatic heterocycles. The van der Waals surface area contributed by atoms with Crippen LogP contribution in [0.1, 0.15) is 67.7 Å². The molecule has 3 saturated heterocycles. The van der Waals surface area contributed by atoms with Crippen LogP contribution in [0.3, 0.4) is 0 Å². The lowest BCUT2D eigenvalue weighted by Crippen LogP contribution is -2.42. The molecule has 12 rings (SSSR count). The van der Waals surface area contributed by atoms with Gasteiger partial charge in [-0.3, -0.25) is 4.90 Å². The van der Waals surface area contributed by atoms with E-state index in [1.807, 2.05) is 60.7 Å². The van der Waals surface area contributed by atoms with E-state index in [0.717, 1.165) is 154 Å². The Hall–Kier alpha value is -8.85. The number of nitrogens with zero attached hydrogens (tertiary/aromatic N) is 7. The van der Waals surface area contributed by atoms with Crippen LogP contribution in [0.25, 0.3) is 33.8 Å². The van der Waals surface area contributed by atoms with Gasteiger partial charge in [0, 0.05) is 84.6 Å². The summed E-state index contributed by atoms with van der Waals surface area (Å²) < 4.78 is 41.2. The Morgan fingerprint density at radius 3 is 1.65 bits per heavy atom. The molecule has 476 valence electrons. The topological polar surface area (TPSA) is 195 Å². The van der Waals surface area contributed by atoms with Crippen molar-refractivity contribution in [1.29, 1.82) is 0 Å². The van der Waals surface area contributed by atoms with E-state index in [1.165, 1.54) is 12.1 Å². The van der Waals surface area contributed by atoms with Crippen molar-refractivity contribution in [3.8, 4) is 56.8 Å². The number of piperidine rings is 3. The molecule has 0 atom stereocenters. The highest BCUT2D eigenvalue weighted by Gasteiger charge is 2.23. The summed E-state index contributed by atoms with van der Waals surface area (Å²) in [6.45, 7) is 11.5. The predicted octanol–water partition coefficient (Wildman–Crippen LogP) is 13.4. The molecule has 92 heavy (non-hydrogen) atoms. The third-order valence-corrected chi connectivity index (χ3v) is 17.4. The molecule has 3 aliphatic rings. The van der Waals surface area contributed by atoms with Crippen molar-refractivity contribution >= 4 is 40.8 Å². The molecule has 17 nitrogen and oxygen atoms in total. The largest absolute Gasteiger partial charge is 0.453 e. The molecule has 3 aromatic heterocycles. The molecule has 0 amide bonds. The number of aromatic nitrogens is 6. The second-order valence-electron chi connectivity index (χ2n) is 23.7. The summed E-state index contributed by atoms with van der Waals surface area (Å²) in [5.74, 6) is 2.21. The fourth-order valence-electron chi connectivity index (χ4n) is 12.2. The number of halogens is 3. The molecule has 3 fully saturated rings. The summed E-state index contributed by atoms with van der Waals surface area (Å²) in [4.78, 5) is 31.4. The summed E-state index contributed by atoms with van der Waals surface area (Å²) in [5, 5.41) is 28.4. The normalized spacial score (nSPS) is 14.8. The molecule has 0 saturated carbocycles. The first-order valence-electron chi connectivity index (χ1n) is 32.3. The molecule has 6 aromatic carbocycles. The first-order valence-corrected chi connectivity index (χ1v) is 32.7. The van der Waals surface area contributed by atoms with Gasteiger partial charge in [0.15, 0.2) is 11.5 Å². The van der Waals surface area contributed by atoms with Crippen molar-refractivity contribution in [2.45, 2.75) is 89.4 Å². The molecule has 6 heterocycles. The quantitative estimate of drug-likeness (QED) is 0.0242. The van der Waals surface area contributed by atoms with Crippen molar-refractivity contribution in [3.05, 3.63) is 197 Å². The SMILES string of the molecule is CCN(Cc1cccc(-c2nc(NCCc3cc(F)cc(F)c3)ncc2Oc2ccc(CCNc3ncc(Oc4ccc(CCNc5nccc(-c6cccc(NC7CCNCC7)c6)n5)cc4)c(-c4cccc(NC5CCNCC5)c4)n3)cc2Cl)c1)C1CCNCC1. The molecule has 0 bridgehead atoms. The Morgan fingerprint density at radius 1 is 0.500 bits per heavy atom. The van der Waals surface area contributed by atoms with E-state index in [9.17, 15) is 8.78 Å². The van der Waals surface area contributed by atoms with Gasteiger partial charge in [-0.05, 0) is 199 Å². The van der Waals surface area contributed by atoms with E-state index in [1.54, 1.807) is 18.6 Å². The van der Waals surface area contributed by atoms with Crippen LogP contribution in [0, 0.1) is 11.6 Å². The van der Waals surface area contributed by atoms with Crippen LogP contribution in [0.15, 0.2) is 158 Å². The second kappa shape index (κ2) is 31.5. The smallest absolute Gasteiger partial charge is 0.223 e. The van der Waals surface area contributed by atoms with Gasteiger partial charge in [0.1, 0.15) is 34.5 Å². The molecule has 0 unspecified atom stereocenters. The van der Waals surface area contributed by atoms with Crippen molar-refractivity contribution < 1.29 is 18.3 Å². The summed E-state index contributed by atoms with van der Waals surface area (Å²) in [6, 6.07) is 45.8. The summed E-state index contributed by atoms with van der Waals surface area (Å²) >= 11 is 7.05. The monoisotopic (exact) mass is 1260 g/mol. The van der Waals surface area contributed by atoms with E-state index in [2.05, 4.69) is 125 Å². The predicted molar refractivity (Wildman–Crippen MR) is 364 cm³/mol. The van der Waals surface area contributed by atoms with Gasteiger partial charge < -0.3 is 52.0 Å². The fourth-order valence-corrected chi connectivity index (χ4v) is 12.4. The lowest BCUT2D eigenvalue weighted by molar-refractivity contribution is 0.162. The first kappa shape index (κ1) is 63.3. The van der Waals surface area contributed by atoms with Gasteiger partial charge in [0.2, 0.25) is 17.8 Å². The van der Waals surface area contributed by atoms with E-state index in [4.69, 9.17) is 41.0 Å². The van der Waals surface area contributed by atoms with Gasteiger partial charge in [-0.25, -0.2) is 38.7 Å². The molecule has 8 N–H and O–H groups in total. The van der Waals surface area contributed by atoms with Crippen LogP contribution in [0.4, 0.5) is 38.0 Å². The molecule has 0 spiro atoms. The average molecular weight is 1260 g/mol. The van der Waals surface area contributed by atoms with Gasteiger partial charge in [-0.1, -0.05) is 79.2 Å². The van der Waals surface area contributed by atoms with E-state index < -0.39 is 11.6 Å². The van der Waals surface area contributed by atoms with Gasteiger partial charge in [-0.15, -0.1) is 0 Å². The minimum atomic E-state index is -0.617. The van der Waals surface area contributed by atoms with Crippen molar-refractivity contribution in [2.75, 3.05) is 92.0 Å². The maximum atomic E-state index is 14.0. The highest BCUT2D eigenvalue weighted by molar-refractivity contribution is 6.32. The minimum Gasteiger partial charge on any atom is -0.453 e. The van der Waals surface area contributed by atoms with E-state index in [-0.39, 0.29) is 0 Å². The standard InChI is InChI=1S/C72H80ClF2N15O2/c1-2-90(61-25-32-78-33-26-61)47-51-6-3-8-53(38-51)68-67(46-84-72(88-68)81-36-20-50-39-55(74)44-56(75)40-50)92-65-17-14-49(41-63(65)73)19-35-80-71-83-45-66(69(89-71)54-9-5-11-60(43-54)86-58-23-30-77-31-24-58)91-62-15-12-48(13-16-62)18-34-79-70-82-37-27-64(87-70)52-7-4-10-59(42-52)85-57-21-28-76-29-22-57/h3-17,27,37-46,57-58,61,76-78,85-86H,2,18-26,28-36,47H2,1H3,(H,79,82,87)(H,80,83,89)(H,81,84,88). The minimum absolute atomic E-state index is 0.349. The van der Waals surface area contributed by atoms with Crippen LogP contribution < -0.4 is 52.0 Å². The number of ether oxygens (including phenoxy) is 2. The fraction of sp³-hybridized carbons (Fsp3) is 0.333. The number of hydrogen-bond donors (Lipinski definition) is 8. The maximum absolute atomic E-state index is 14.0. The Labute approximate surface area is 542 Å². The zero-order chi connectivity index (χ0) is 62.9. The molecule has 9 aromatic rings. The van der Waals surface area contributed by atoms with Crippen LogP contribution in [0.5, 0.6) is 23.0 Å². The zero-order valence-electron chi connectivity index (χ0n) is 52.0. The number of nitrogens with one attached hydrogen (secondary N) is 8. The highest BCUT2D eigenvalue weighted by Crippen LogP contribution is 2.38. The first-order chi connectivity index (χ1) is 45.2. The average Bonchev–Trinajstić information content (AvgIpc) is 1.35. The van der Waals surface area contributed by atoms with Crippen LogP contribution in [-0.2, 0) is 25.8 Å². The Balaban J connectivity index is 0.704. The Bertz CT molecular complexity index is 3860. The lowest BCUT2D eigenvalue weighted by Gasteiger charge is -2.34. The molecular weight excluding hydrogens is 1180 g/mol. The lowest BCUT2D eigenvalue weighted by atomic mass is 10.0. The van der Waals surface area contributed by atoms with Gasteiger partial charge >= 0.3 is 0 Å². The van der Waals surface area contributed by atoms with Crippen LogP contribution in [0.2, 0.25) is 5.02 Å². The summed E-state index contributed by atoms with van der Waals surface area (Å²) in [6.07, 6.45) is 13.4. The molecular formula is C72H80ClF2N15O2. The van der Waals surface area contributed by atoms with Gasteiger partial charge in [-0.2, -0.15) is 0 Å². The third kappa shape index (κ3) is 17.6. The van der Waals surface area contributed by atoms with Crippen LogP contribution >= 0.6 is 11.6 Å². The number of anilines is 5. The molecule has 0 radical (unpaired) electrons. The van der Waals surface area contributed by atoms with Crippen molar-refractivity contribution in [1.82, 2.24) is 50.8 Å². The number of benzene rings is 6. The number of rotatable bonds is 27. The second-order valence-corrected chi connectivity index (χ2v) is 24.1. The molecule has 20 heteroatoms. The summed E-state index contributed by atoms with van der Waals surface area (Å²) in [7, 11) is 0. The molecule has 0 aliphatic carbocycles. The van der Waals surface area contributed by atoms with E-state index >= 15 is 0 Å². The van der Waals surface area contributed by atoms with E-state index in [0.29, 0.717) is 113 Å². The number of hydrogen-bond acceptors (Lipinski definition) is 17. The van der Waals surface area contributed by atoms with Crippen molar-refractivity contribution in [2.24, 2.45) is 0 Å². The van der Waals surface area contributed by atoms with Gasteiger partial charge in [0.25, 0.3) is 0 Å². The van der Waals surface area contributed by atoms with Gasteiger partial charge in [0.05, 0.1) is 23.1 Å². The van der Waals surface area contributed by atoms with Crippen molar-refractivity contribution in [3.63, 3.8) is 0 Å². The Kier molecular flexibility index (Phi) is 21.6. The zero-order valence-corrected chi connectivity index (χ0v) is 52.7. The third-order valence-electron chi connectivity index (χ3n) is 17.1. The maximum Gasteiger partial charge on any atom is 0.223 e. The van der Waals surface area contributed by atoms with Crippen LogP contribution in [-0.4, -0.2) is 118 Å². The Morgan fingerprint density at radius 2 is 1.03 bits per heavy atom. The highest BCUT2D eigenvalue weighted by atomic mass is 35.5. The summed E-state index contributed by atoms with van der Waals surface area (Å²) in [5.41, 5.74) is 10.8.